The number of rotatable bonds is 10. The van der Waals surface area contributed by atoms with Crippen LogP contribution in [0.25, 0.3) is 11.1 Å². The molecular formula is C33H31NO6. The van der Waals surface area contributed by atoms with Crippen LogP contribution in [-0.4, -0.2) is 36.9 Å². The number of ether oxygens (including phenoxy) is 3. The normalized spacial score (nSPS) is 12.7. The number of hydrogen-bond donors (Lipinski definition) is 2. The number of nitrogens with one attached hydrogen (secondary N) is 1. The molecule has 1 aliphatic carbocycles. The topological polar surface area (TPSA) is 94.1 Å². The van der Waals surface area contributed by atoms with Crippen molar-refractivity contribution in [2.45, 2.75) is 31.9 Å². The number of para-hydroxylation sites is 1. The van der Waals surface area contributed by atoms with Crippen molar-refractivity contribution in [3.8, 4) is 22.6 Å². The Morgan fingerprint density at radius 1 is 0.875 bits per heavy atom. The van der Waals surface area contributed by atoms with E-state index in [1.807, 2.05) is 73.7 Å². The molecule has 0 radical (unpaired) electrons. The fourth-order valence-corrected chi connectivity index (χ4v) is 5.16. The van der Waals surface area contributed by atoms with Gasteiger partial charge >= 0.3 is 12.1 Å². The number of fused-ring (bicyclic) bond motifs is 3. The smallest absolute Gasteiger partial charge is 0.407 e. The predicted molar refractivity (Wildman–Crippen MR) is 152 cm³/mol. The lowest BCUT2D eigenvalue weighted by molar-refractivity contribution is -0.139. The zero-order chi connectivity index (χ0) is 28.1. The van der Waals surface area contributed by atoms with Gasteiger partial charge in [0, 0.05) is 17.9 Å². The maximum absolute atomic E-state index is 12.8. The fraction of sp³-hybridized carbons (Fsp3) is 0.212. The lowest BCUT2D eigenvalue weighted by Crippen LogP contribution is -2.42. The number of carboxylic acid groups (broad SMARTS) is 1. The van der Waals surface area contributed by atoms with E-state index in [1.54, 1.807) is 19.2 Å². The summed E-state index contributed by atoms with van der Waals surface area (Å²) in [7, 11) is 1.57. The first-order valence-electron chi connectivity index (χ1n) is 13.1. The molecule has 0 aromatic heterocycles. The van der Waals surface area contributed by atoms with Crippen molar-refractivity contribution in [3.63, 3.8) is 0 Å². The van der Waals surface area contributed by atoms with Gasteiger partial charge in [0.25, 0.3) is 0 Å². The number of aliphatic carboxylic acids is 1. The highest BCUT2D eigenvalue weighted by molar-refractivity contribution is 5.81. The third-order valence-electron chi connectivity index (χ3n) is 7.20. The van der Waals surface area contributed by atoms with Crippen LogP contribution >= 0.6 is 0 Å². The molecule has 0 bridgehead atoms. The predicted octanol–water partition coefficient (Wildman–Crippen LogP) is 6.12. The van der Waals surface area contributed by atoms with E-state index >= 15 is 0 Å². The Bertz CT molecular complexity index is 1490. The van der Waals surface area contributed by atoms with Crippen LogP contribution in [0, 0.1) is 6.92 Å². The highest BCUT2D eigenvalue weighted by Gasteiger charge is 2.30. The SMILES string of the molecule is COc1ccc(CC(NC(=O)OCC2c3ccccc3-c3ccccc32)C(=O)O)cc1COc1ccccc1C. The van der Waals surface area contributed by atoms with Crippen LogP contribution in [0.15, 0.2) is 91.0 Å². The number of carbonyl (C=O) groups excluding carboxylic acids is 1. The fourth-order valence-electron chi connectivity index (χ4n) is 5.16. The molecule has 1 aliphatic rings. The number of hydrogen-bond acceptors (Lipinski definition) is 5. The van der Waals surface area contributed by atoms with Crippen LogP contribution < -0.4 is 14.8 Å². The van der Waals surface area contributed by atoms with Crippen LogP contribution in [0.5, 0.6) is 11.5 Å². The summed E-state index contributed by atoms with van der Waals surface area (Å²) in [6, 6.07) is 28.0. The van der Waals surface area contributed by atoms with E-state index in [0.717, 1.165) is 44.7 Å². The Kier molecular flexibility index (Phi) is 8.01. The van der Waals surface area contributed by atoms with Gasteiger partial charge in [-0.15, -0.1) is 0 Å². The molecule has 40 heavy (non-hydrogen) atoms. The van der Waals surface area contributed by atoms with Gasteiger partial charge in [0.05, 0.1) is 7.11 Å². The zero-order valence-corrected chi connectivity index (χ0v) is 22.4. The summed E-state index contributed by atoms with van der Waals surface area (Å²) in [4.78, 5) is 24.8. The van der Waals surface area contributed by atoms with E-state index < -0.39 is 18.1 Å². The molecule has 4 aromatic carbocycles. The summed E-state index contributed by atoms with van der Waals surface area (Å²) in [6.45, 7) is 2.32. The van der Waals surface area contributed by atoms with Gasteiger partial charge in [0.1, 0.15) is 30.8 Å². The first kappa shape index (κ1) is 26.8. The molecule has 1 atom stereocenters. The minimum absolute atomic E-state index is 0.0703. The van der Waals surface area contributed by atoms with Crippen molar-refractivity contribution in [3.05, 3.63) is 119 Å². The maximum atomic E-state index is 12.8. The molecule has 2 N–H and O–H groups in total. The molecule has 0 aliphatic heterocycles. The van der Waals surface area contributed by atoms with Crippen molar-refractivity contribution in [1.29, 1.82) is 0 Å². The molecule has 0 fully saturated rings. The lowest BCUT2D eigenvalue weighted by atomic mass is 9.98. The Balaban J connectivity index is 1.24. The van der Waals surface area contributed by atoms with Gasteiger partial charge in [-0.25, -0.2) is 9.59 Å². The first-order chi connectivity index (χ1) is 19.4. The van der Waals surface area contributed by atoms with Gasteiger partial charge in [0.2, 0.25) is 0 Å². The maximum Gasteiger partial charge on any atom is 0.407 e. The quantitative estimate of drug-likeness (QED) is 0.253. The second kappa shape index (κ2) is 11.9. The van der Waals surface area contributed by atoms with E-state index in [9.17, 15) is 14.7 Å². The minimum atomic E-state index is -1.17. The van der Waals surface area contributed by atoms with Gasteiger partial charge in [-0.1, -0.05) is 72.8 Å². The van der Waals surface area contributed by atoms with E-state index in [1.165, 1.54) is 0 Å². The summed E-state index contributed by atoms with van der Waals surface area (Å²) in [5, 5.41) is 12.4. The zero-order valence-electron chi connectivity index (χ0n) is 22.4. The summed E-state index contributed by atoms with van der Waals surface area (Å²) >= 11 is 0. The average molecular weight is 538 g/mol. The molecule has 1 unspecified atom stereocenters. The Hall–Kier alpha value is -4.78. The van der Waals surface area contributed by atoms with E-state index in [4.69, 9.17) is 14.2 Å². The van der Waals surface area contributed by atoms with E-state index in [0.29, 0.717) is 5.75 Å². The number of amides is 1. The lowest BCUT2D eigenvalue weighted by Gasteiger charge is -2.18. The van der Waals surface area contributed by atoms with Crippen molar-refractivity contribution in [2.75, 3.05) is 13.7 Å². The first-order valence-corrected chi connectivity index (χ1v) is 13.1. The number of carboxylic acids is 1. The van der Waals surface area contributed by atoms with Crippen molar-refractivity contribution >= 4 is 12.1 Å². The van der Waals surface area contributed by atoms with Crippen LogP contribution in [-0.2, 0) is 22.6 Å². The molecule has 0 heterocycles. The Morgan fingerprint density at radius 3 is 2.17 bits per heavy atom. The third-order valence-corrected chi connectivity index (χ3v) is 7.20. The Labute approximate surface area is 233 Å². The van der Waals surface area contributed by atoms with Gasteiger partial charge in [-0.05, 0) is 58.5 Å². The summed E-state index contributed by atoms with van der Waals surface area (Å²) in [5.41, 5.74) is 6.92. The summed E-state index contributed by atoms with van der Waals surface area (Å²) in [6.07, 6.45) is -0.702. The van der Waals surface area contributed by atoms with Crippen LogP contribution in [0.2, 0.25) is 0 Å². The van der Waals surface area contributed by atoms with E-state index in [2.05, 4.69) is 17.4 Å². The summed E-state index contributed by atoms with van der Waals surface area (Å²) in [5.74, 6) is 0.129. The minimum Gasteiger partial charge on any atom is -0.496 e. The van der Waals surface area contributed by atoms with Crippen LogP contribution in [0.1, 0.15) is 33.7 Å². The van der Waals surface area contributed by atoms with Crippen molar-refractivity contribution < 1.29 is 28.9 Å². The molecule has 7 heteroatoms. The molecule has 7 nitrogen and oxygen atoms in total. The molecule has 4 aromatic rings. The number of aryl methyl sites for hydroxylation is 1. The largest absolute Gasteiger partial charge is 0.496 e. The highest BCUT2D eigenvalue weighted by Crippen LogP contribution is 2.44. The molecular weight excluding hydrogens is 506 g/mol. The number of methoxy groups -OCH3 is 1. The van der Waals surface area contributed by atoms with Crippen molar-refractivity contribution in [1.82, 2.24) is 5.32 Å². The van der Waals surface area contributed by atoms with Gasteiger partial charge in [-0.3, -0.25) is 0 Å². The molecule has 1 amide bonds. The number of benzene rings is 4. The average Bonchev–Trinajstić information content (AvgIpc) is 3.29. The molecule has 0 saturated carbocycles. The number of alkyl carbamates (subject to hydrolysis) is 1. The third kappa shape index (κ3) is 5.78. The van der Waals surface area contributed by atoms with Gasteiger partial charge < -0.3 is 24.6 Å². The molecule has 0 saturated heterocycles. The van der Waals surface area contributed by atoms with Crippen LogP contribution in [0.4, 0.5) is 4.79 Å². The molecule has 0 spiro atoms. The molecule has 5 rings (SSSR count). The van der Waals surface area contributed by atoms with Gasteiger partial charge in [-0.2, -0.15) is 0 Å². The standard InChI is InChI=1S/C33H31NO6/c1-21-9-3-8-14-30(21)39-19-23-17-22(15-16-31(23)38-2)18-29(32(35)36)34-33(37)40-20-28-26-12-6-4-10-24(26)25-11-5-7-13-27(25)28/h3-17,28-29H,18-20H2,1-2H3,(H,34,37)(H,35,36). The number of carbonyl (C=O) groups is 2. The van der Waals surface area contributed by atoms with Gasteiger partial charge in [0.15, 0.2) is 0 Å². The highest BCUT2D eigenvalue weighted by atomic mass is 16.5. The monoisotopic (exact) mass is 537 g/mol. The van der Waals surface area contributed by atoms with Crippen LogP contribution in [0.3, 0.4) is 0 Å². The second-order valence-electron chi connectivity index (χ2n) is 9.77. The summed E-state index contributed by atoms with van der Waals surface area (Å²) < 4.78 is 17.0. The second-order valence-corrected chi connectivity index (χ2v) is 9.77. The van der Waals surface area contributed by atoms with Crippen molar-refractivity contribution in [2.24, 2.45) is 0 Å². The Morgan fingerprint density at radius 2 is 1.52 bits per heavy atom. The van der Waals surface area contributed by atoms with E-state index in [-0.39, 0.29) is 25.6 Å². The molecule has 204 valence electrons.